The van der Waals surface area contributed by atoms with Crippen LogP contribution in [0, 0.1) is 0 Å². The van der Waals surface area contributed by atoms with Gasteiger partial charge in [-0.3, -0.25) is 9.59 Å². The fraction of sp³-hybridized carbons (Fsp3) is 0.143. The van der Waals surface area contributed by atoms with E-state index in [1.807, 2.05) is 30.3 Å². The maximum absolute atomic E-state index is 14.3. The smallest absolute Gasteiger partial charge is 0.256 e. The van der Waals surface area contributed by atoms with E-state index in [1.54, 1.807) is 6.07 Å². The summed E-state index contributed by atoms with van der Waals surface area (Å²) in [5, 5.41) is 11.1. The van der Waals surface area contributed by atoms with Crippen molar-refractivity contribution < 1.29 is 9.59 Å². The molecule has 0 aromatic heterocycles. The molecule has 0 saturated heterocycles. The summed E-state index contributed by atoms with van der Waals surface area (Å²) in [4.78, 5) is 27.2. The van der Waals surface area contributed by atoms with Crippen LogP contribution >= 0.6 is 0 Å². The number of fused-ring (bicyclic) bond motifs is 2. The molecule has 46 heavy (non-hydrogen) atoms. The van der Waals surface area contributed by atoms with E-state index in [4.69, 9.17) is 5.73 Å². The van der Waals surface area contributed by atoms with E-state index < -0.39 is 5.91 Å². The monoisotopic (exact) mass is 600 g/mol. The van der Waals surface area contributed by atoms with Gasteiger partial charge < -0.3 is 11.1 Å². The van der Waals surface area contributed by atoms with Crippen LogP contribution in [0.15, 0.2) is 104 Å². The third-order valence-corrected chi connectivity index (χ3v) is 9.36. The van der Waals surface area contributed by atoms with E-state index >= 15 is 0 Å². The van der Waals surface area contributed by atoms with E-state index in [-0.39, 0.29) is 17.7 Å². The van der Waals surface area contributed by atoms with Crippen LogP contribution in [0.4, 0.5) is 5.69 Å². The number of benzene rings is 7. The minimum atomic E-state index is -0.564. The SMILES string of the molecule is C=Cc1ccc(-c2ccc3c4ccc(C(N)=O)c5c(C(=O)Nc6c(C(C)C)cccc6C(C)C)ccc(c6cccc2c36)c54)cc1. The molecule has 0 unspecified atom stereocenters. The Labute approximate surface area is 268 Å². The predicted molar refractivity (Wildman–Crippen MR) is 194 cm³/mol. The van der Waals surface area contributed by atoms with Gasteiger partial charge in [0.2, 0.25) is 5.91 Å². The zero-order valence-electron chi connectivity index (χ0n) is 26.6. The molecule has 7 aromatic rings. The van der Waals surface area contributed by atoms with Gasteiger partial charge >= 0.3 is 0 Å². The minimum absolute atomic E-state index is 0.216. The van der Waals surface area contributed by atoms with Gasteiger partial charge in [-0.15, -0.1) is 0 Å². The number of para-hydroxylation sites is 1. The lowest BCUT2D eigenvalue weighted by Crippen LogP contribution is -2.18. The molecule has 0 radical (unpaired) electrons. The van der Waals surface area contributed by atoms with E-state index in [0.29, 0.717) is 16.5 Å². The van der Waals surface area contributed by atoms with Crippen molar-refractivity contribution in [1.29, 1.82) is 0 Å². The molecule has 0 spiro atoms. The molecule has 2 amide bonds. The van der Waals surface area contributed by atoms with Crippen molar-refractivity contribution in [2.24, 2.45) is 5.73 Å². The summed E-state index contributed by atoms with van der Waals surface area (Å²) >= 11 is 0. The van der Waals surface area contributed by atoms with Crippen LogP contribution in [-0.4, -0.2) is 11.8 Å². The number of carbonyl (C=O) groups excluding carboxylic acids is 2. The number of primary amides is 1. The number of anilines is 1. The van der Waals surface area contributed by atoms with Gasteiger partial charge in [0.25, 0.3) is 5.91 Å². The molecular weight excluding hydrogens is 564 g/mol. The number of hydrogen-bond donors (Lipinski definition) is 2. The van der Waals surface area contributed by atoms with E-state index in [1.165, 1.54) is 0 Å². The molecule has 7 aromatic carbocycles. The standard InChI is InChI=1S/C42H36N2O2/c1-6-25-13-15-26(16-14-25)29-17-18-32-34-19-21-35(41(43)45)39-36(22-20-33(38(34)39)31-12-8-11-30(29)37(31)32)42(46)44-40-27(23(2)3)9-7-10-28(40)24(4)5/h6-24H,1H2,2-5H3,(H2,43,45)(H,44,46). The summed E-state index contributed by atoms with van der Waals surface area (Å²) < 4.78 is 0. The van der Waals surface area contributed by atoms with Crippen molar-refractivity contribution in [1.82, 2.24) is 0 Å². The summed E-state index contributed by atoms with van der Waals surface area (Å²) in [6, 6.07) is 32.9. The van der Waals surface area contributed by atoms with Crippen molar-refractivity contribution in [3.8, 4) is 11.1 Å². The average molecular weight is 601 g/mol. The van der Waals surface area contributed by atoms with Crippen LogP contribution in [0.5, 0.6) is 0 Å². The van der Waals surface area contributed by atoms with Gasteiger partial charge in [0.05, 0.1) is 0 Å². The summed E-state index contributed by atoms with van der Waals surface area (Å²) in [7, 11) is 0. The molecule has 0 saturated carbocycles. The number of nitrogens with one attached hydrogen (secondary N) is 1. The molecule has 4 nitrogen and oxygen atoms in total. The molecule has 4 heteroatoms. The van der Waals surface area contributed by atoms with Crippen LogP contribution in [0.25, 0.3) is 60.3 Å². The highest BCUT2D eigenvalue weighted by molar-refractivity contribution is 6.37. The van der Waals surface area contributed by atoms with Crippen LogP contribution in [-0.2, 0) is 0 Å². The Morgan fingerprint density at radius 2 is 1.17 bits per heavy atom. The molecule has 0 fully saturated rings. The number of rotatable bonds is 7. The third-order valence-electron chi connectivity index (χ3n) is 9.36. The minimum Gasteiger partial charge on any atom is -0.366 e. The summed E-state index contributed by atoms with van der Waals surface area (Å²) in [6.07, 6.45) is 1.85. The van der Waals surface area contributed by atoms with Gasteiger partial charge in [-0.05, 0) is 89.5 Å². The molecule has 7 rings (SSSR count). The van der Waals surface area contributed by atoms with Gasteiger partial charge in [-0.25, -0.2) is 0 Å². The lowest BCUT2D eigenvalue weighted by Gasteiger charge is -2.22. The Bertz CT molecular complexity index is 2300. The highest BCUT2D eigenvalue weighted by Crippen LogP contribution is 2.45. The van der Waals surface area contributed by atoms with Gasteiger partial charge in [0, 0.05) is 22.2 Å². The van der Waals surface area contributed by atoms with Crippen LogP contribution in [0.2, 0.25) is 0 Å². The largest absolute Gasteiger partial charge is 0.366 e. The third kappa shape index (κ3) is 4.52. The second-order valence-corrected chi connectivity index (χ2v) is 12.7. The van der Waals surface area contributed by atoms with E-state index in [0.717, 1.165) is 71.2 Å². The Kier molecular flexibility index (Phi) is 7.09. The highest BCUT2D eigenvalue weighted by Gasteiger charge is 2.24. The molecule has 0 atom stereocenters. The van der Waals surface area contributed by atoms with Crippen molar-refractivity contribution in [2.75, 3.05) is 5.32 Å². The van der Waals surface area contributed by atoms with Crippen molar-refractivity contribution in [3.05, 3.63) is 131 Å². The zero-order chi connectivity index (χ0) is 32.3. The first-order chi connectivity index (χ1) is 22.2. The van der Waals surface area contributed by atoms with Crippen LogP contribution < -0.4 is 11.1 Å². The molecule has 226 valence electrons. The zero-order valence-corrected chi connectivity index (χ0v) is 26.6. The Hall–Kier alpha value is -5.48. The fourth-order valence-corrected chi connectivity index (χ4v) is 7.12. The van der Waals surface area contributed by atoms with Gasteiger partial charge in [0.15, 0.2) is 0 Å². The van der Waals surface area contributed by atoms with Gasteiger partial charge in [-0.1, -0.05) is 125 Å². The molecule has 0 heterocycles. The molecule has 3 N–H and O–H groups in total. The Morgan fingerprint density at radius 3 is 1.78 bits per heavy atom. The second kappa shape index (κ2) is 11.1. The van der Waals surface area contributed by atoms with Gasteiger partial charge in [-0.2, -0.15) is 0 Å². The Balaban J connectivity index is 1.50. The first-order valence-corrected chi connectivity index (χ1v) is 15.8. The summed E-state index contributed by atoms with van der Waals surface area (Å²) in [6.45, 7) is 12.4. The molecule has 0 aliphatic rings. The lowest BCUT2D eigenvalue weighted by molar-refractivity contribution is 0.100. The first kappa shape index (κ1) is 29.2. The quantitative estimate of drug-likeness (QED) is 0.141. The first-order valence-electron chi connectivity index (χ1n) is 15.8. The maximum Gasteiger partial charge on any atom is 0.256 e. The predicted octanol–water partition coefficient (Wildman–Crippen LogP) is 10.6. The normalized spacial score (nSPS) is 11.8. The highest BCUT2D eigenvalue weighted by atomic mass is 16.2. The average Bonchev–Trinajstić information content (AvgIpc) is 3.06. The van der Waals surface area contributed by atoms with Crippen molar-refractivity contribution in [3.63, 3.8) is 0 Å². The number of amides is 2. The molecular formula is C42H36N2O2. The summed E-state index contributed by atoms with van der Waals surface area (Å²) in [5.41, 5.74) is 13.1. The molecule has 0 aliphatic carbocycles. The van der Waals surface area contributed by atoms with Crippen LogP contribution in [0.3, 0.4) is 0 Å². The topological polar surface area (TPSA) is 72.2 Å². The van der Waals surface area contributed by atoms with Crippen LogP contribution in [0.1, 0.15) is 76.9 Å². The summed E-state index contributed by atoms with van der Waals surface area (Å²) in [5.74, 6) is -0.393. The van der Waals surface area contributed by atoms with Crippen molar-refractivity contribution >= 4 is 66.7 Å². The number of nitrogens with two attached hydrogens (primary N) is 1. The second-order valence-electron chi connectivity index (χ2n) is 12.7. The molecule has 0 bridgehead atoms. The number of carbonyl (C=O) groups is 2. The van der Waals surface area contributed by atoms with Crippen molar-refractivity contribution in [2.45, 2.75) is 39.5 Å². The van der Waals surface area contributed by atoms with E-state index in [2.05, 4.69) is 106 Å². The van der Waals surface area contributed by atoms with E-state index in [9.17, 15) is 9.59 Å². The molecule has 0 aliphatic heterocycles. The number of hydrogen-bond acceptors (Lipinski definition) is 2. The Morgan fingerprint density at radius 1 is 0.630 bits per heavy atom. The van der Waals surface area contributed by atoms with Gasteiger partial charge in [0.1, 0.15) is 0 Å². The maximum atomic E-state index is 14.3. The fourth-order valence-electron chi connectivity index (χ4n) is 7.12. The lowest BCUT2D eigenvalue weighted by atomic mass is 9.84.